The summed E-state index contributed by atoms with van der Waals surface area (Å²) >= 11 is 1.73. The maximum Gasteiger partial charge on any atom is 0.251 e. The first kappa shape index (κ1) is 24.5. The Kier molecular flexibility index (Phi) is 7.95. The zero-order valence-corrected chi connectivity index (χ0v) is 21.3. The molecule has 0 atom stereocenters. The third-order valence-electron chi connectivity index (χ3n) is 6.34. The van der Waals surface area contributed by atoms with E-state index < -0.39 is 0 Å². The van der Waals surface area contributed by atoms with Crippen LogP contribution in [0.5, 0.6) is 0 Å². The lowest BCUT2D eigenvalue weighted by Crippen LogP contribution is -2.41. The van der Waals surface area contributed by atoms with Gasteiger partial charge in [-0.2, -0.15) is 0 Å². The molecule has 1 fully saturated rings. The third-order valence-corrected chi connectivity index (χ3v) is 7.39. The van der Waals surface area contributed by atoms with Gasteiger partial charge in [0.05, 0.1) is 37.0 Å². The van der Waals surface area contributed by atoms with Gasteiger partial charge in [0.15, 0.2) is 5.16 Å². The summed E-state index contributed by atoms with van der Waals surface area (Å²) in [5.41, 5.74) is 6.27. The Hall–Kier alpha value is -3.20. The SMILES string of the molecule is Cc1cccc(CSc2nc3ccncc3n2Cc2ccc(C(=O)NCCN3CCOCC3)cc2)c1. The van der Waals surface area contributed by atoms with Gasteiger partial charge in [0, 0.05) is 43.7 Å². The fourth-order valence-electron chi connectivity index (χ4n) is 4.36. The van der Waals surface area contributed by atoms with Gasteiger partial charge in [-0.1, -0.05) is 53.7 Å². The highest BCUT2D eigenvalue weighted by atomic mass is 32.2. The van der Waals surface area contributed by atoms with Gasteiger partial charge in [-0.15, -0.1) is 0 Å². The van der Waals surface area contributed by atoms with E-state index in [2.05, 4.69) is 51.0 Å². The summed E-state index contributed by atoms with van der Waals surface area (Å²) in [7, 11) is 0. The second-order valence-corrected chi connectivity index (χ2v) is 9.97. The van der Waals surface area contributed by atoms with Gasteiger partial charge in [-0.25, -0.2) is 4.98 Å². The van der Waals surface area contributed by atoms with E-state index >= 15 is 0 Å². The second-order valence-electron chi connectivity index (χ2n) is 9.03. The van der Waals surface area contributed by atoms with Crippen LogP contribution >= 0.6 is 11.8 Å². The number of amides is 1. The van der Waals surface area contributed by atoms with E-state index in [-0.39, 0.29) is 5.91 Å². The summed E-state index contributed by atoms with van der Waals surface area (Å²) in [4.78, 5) is 24.1. The quantitative estimate of drug-likeness (QED) is 0.348. The molecule has 1 amide bonds. The van der Waals surface area contributed by atoms with Crippen LogP contribution in [0.2, 0.25) is 0 Å². The average Bonchev–Trinajstić information content (AvgIpc) is 3.25. The number of nitrogens with zero attached hydrogens (tertiary/aromatic N) is 4. The molecule has 0 bridgehead atoms. The summed E-state index contributed by atoms with van der Waals surface area (Å²) in [6.07, 6.45) is 3.65. The summed E-state index contributed by atoms with van der Waals surface area (Å²) in [6.45, 7) is 7.64. The van der Waals surface area contributed by atoms with Crippen molar-refractivity contribution < 1.29 is 9.53 Å². The van der Waals surface area contributed by atoms with E-state index in [1.807, 2.05) is 36.5 Å². The number of benzene rings is 2. The van der Waals surface area contributed by atoms with Crippen molar-refractivity contribution in [3.05, 3.63) is 89.2 Å². The van der Waals surface area contributed by atoms with E-state index in [1.54, 1.807) is 18.0 Å². The van der Waals surface area contributed by atoms with Crippen LogP contribution in [0, 0.1) is 6.92 Å². The van der Waals surface area contributed by atoms with Gasteiger partial charge in [-0.3, -0.25) is 14.7 Å². The number of carbonyl (C=O) groups is 1. The highest BCUT2D eigenvalue weighted by molar-refractivity contribution is 7.98. The predicted molar refractivity (Wildman–Crippen MR) is 143 cm³/mol. The lowest BCUT2D eigenvalue weighted by Gasteiger charge is -2.26. The van der Waals surface area contributed by atoms with Crippen LogP contribution in [-0.2, 0) is 17.0 Å². The Balaban J connectivity index is 1.24. The number of morpholine rings is 1. The first-order valence-corrected chi connectivity index (χ1v) is 13.3. The highest BCUT2D eigenvalue weighted by Crippen LogP contribution is 2.27. The minimum Gasteiger partial charge on any atom is -0.379 e. The van der Waals surface area contributed by atoms with Crippen molar-refractivity contribution in [2.75, 3.05) is 39.4 Å². The molecule has 1 aliphatic heterocycles. The fourth-order valence-corrected chi connectivity index (χ4v) is 5.32. The summed E-state index contributed by atoms with van der Waals surface area (Å²) in [6, 6.07) is 18.4. The summed E-state index contributed by atoms with van der Waals surface area (Å²) in [5, 5.41) is 4.00. The monoisotopic (exact) mass is 501 g/mol. The molecule has 3 heterocycles. The number of pyridine rings is 1. The molecule has 4 aromatic rings. The number of thioether (sulfide) groups is 1. The van der Waals surface area contributed by atoms with Crippen LogP contribution < -0.4 is 5.32 Å². The molecule has 36 heavy (non-hydrogen) atoms. The lowest BCUT2D eigenvalue weighted by atomic mass is 10.1. The molecular weight excluding hydrogens is 470 g/mol. The van der Waals surface area contributed by atoms with E-state index in [0.717, 1.165) is 60.4 Å². The number of imidazole rings is 1. The van der Waals surface area contributed by atoms with Crippen molar-refractivity contribution in [2.24, 2.45) is 0 Å². The Bertz CT molecular complexity index is 1320. The zero-order valence-electron chi connectivity index (χ0n) is 20.5. The van der Waals surface area contributed by atoms with Crippen LogP contribution in [0.1, 0.15) is 27.0 Å². The van der Waals surface area contributed by atoms with Crippen LogP contribution in [0.4, 0.5) is 0 Å². The van der Waals surface area contributed by atoms with Crippen molar-refractivity contribution in [2.45, 2.75) is 24.4 Å². The Labute approximate surface area is 215 Å². The Morgan fingerprint density at radius 3 is 2.72 bits per heavy atom. The van der Waals surface area contributed by atoms with Crippen LogP contribution in [-0.4, -0.2) is 64.7 Å². The van der Waals surface area contributed by atoms with E-state index in [9.17, 15) is 4.79 Å². The predicted octanol–water partition coefficient (Wildman–Crippen LogP) is 4.14. The Morgan fingerprint density at radius 1 is 1.08 bits per heavy atom. The van der Waals surface area contributed by atoms with Crippen LogP contribution in [0.3, 0.4) is 0 Å². The number of aromatic nitrogens is 3. The molecular formula is C28H31N5O2S. The summed E-state index contributed by atoms with van der Waals surface area (Å²) < 4.78 is 7.58. The number of aryl methyl sites for hydroxylation is 1. The zero-order chi connectivity index (χ0) is 24.7. The first-order valence-electron chi connectivity index (χ1n) is 12.3. The fraction of sp³-hybridized carbons (Fsp3) is 0.321. The van der Waals surface area contributed by atoms with Gasteiger partial charge in [0.25, 0.3) is 5.91 Å². The summed E-state index contributed by atoms with van der Waals surface area (Å²) in [5.74, 6) is 0.809. The lowest BCUT2D eigenvalue weighted by molar-refractivity contribution is 0.0383. The number of carbonyl (C=O) groups excluding carboxylic acids is 1. The molecule has 0 aliphatic carbocycles. The molecule has 0 radical (unpaired) electrons. The molecule has 186 valence electrons. The number of hydrogen-bond donors (Lipinski definition) is 1. The van der Waals surface area contributed by atoms with Crippen molar-refractivity contribution >= 4 is 28.7 Å². The van der Waals surface area contributed by atoms with Crippen molar-refractivity contribution in [1.29, 1.82) is 0 Å². The molecule has 8 heteroatoms. The normalized spacial score (nSPS) is 14.2. The minimum atomic E-state index is -0.0403. The smallest absolute Gasteiger partial charge is 0.251 e. The number of hydrogen-bond acceptors (Lipinski definition) is 6. The molecule has 7 nitrogen and oxygen atoms in total. The first-order chi connectivity index (χ1) is 17.7. The topological polar surface area (TPSA) is 72.3 Å². The molecule has 1 aliphatic rings. The van der Waals surface area contributed by atoms with Crippen molar-refractivity contribution in [3.63, 3.8) is 0 Å². The molecule has 2 aromatic heterocycles. The molecule has 0 saturated carbocycles. The number of ether oxygens (including phenoxy) is 1. The Morgan fingerprint density at radius 2 is 1.92 bits per heavy atom. The van der Waals surface area contributed by atoms with Gasteiger partial charge >= 0.3 is 0 Å². The van der Waals surface area contributed by atoms with Crippen LogP contribution in [0.15, 0.2) is 72.1 Å². The molecule has 5 rings (SSSR count). The number of fused-ring (bicyclic) bond motifs is 1. The van der Waals surface area contributed by atoms with Gasteiger partial charge in [-0.05, 0) is 36.2 Å². The molecule has 2 aromatic carbocycles. The van der Waals surface area contributed by atoms with Gasteiger partial charge in [0.2, 0.25) is 0 Å². The van der Waals surface area contributed by atoms with Crippen LogP contribution in [0.25, 0.3) is 11.0 Å². The van der Waals surface area contributed by atoms with Crippen molar-refractivity contribution in [1.82, 2.24) is 24.8 Å². The number of rotatable bonds is 9. The van der Waals surface area contributed by atoms with E-state index in [1.165, 1.54) is 11.1 Å². The standard InChI is InChI=1S/C28H31N5O2S/c1-21-3-2-4-23(17-21)20-36-28-31-25-9-10-29-18-26(25)33(28)19-22-5-7-24(8-6-22)27(34)30-11-12-32-13-15-35-16-14-32/h2-10,17-18H,11-16,19-20H2,1H3,(H,30,34). The minimum absolute atomic E-state index is 0.0403. The molecule has 1 N–H and O–H groups in total. The largest absolute Gasteiger partial charge is 0.379 e. The third kappa shape index (κ3) is 6.13. The average molecular weight is 502 g/mol. The number of nitrogens with one attached hydrogen (secondary N) is 1. The maximum atomic E-state index is 12.6. The van der Waals surface area contributed by atoms with E-state index in [0.29, 0.717) is 18.7 Å². The second kappa shape index (κ2) is 11.7. The van der Waals surface area contributed by atoms with E-state index in [4.69, 9.17) is 9.72 Å². The molecule has 0 unspecified atom stereocenters. The molecule has 0 spiro atoms. The van der Waals surface area contributed by atoms with Crippen molar-refractivity contribution in [3.8, 4) is 0 Å². The molecule has 1 saturated heterocycles. The van der Waals surface area contributed by atoms with Gasteiger partial charge < -0.3 is 14.6 Å². The van der Waals surface area contributed by atoms with Gasteiger partial charge in [0.1, 0.15) is 0 Å². The highest BCUT2D eigenvalue weighted by Gasteiger charge is 2.14. The maximum absolute atomic E-state index is 12.6.